The highest BCUT2D eigenvalue weighted by Crippen LogP contribution is 2.33. The highest BCUT2D eigenvalue weighted by Gasteiger charge is 2.23. The molecule has 1 aliphatic heterocycles. The summed E-state index contributed by atoms with van der Waals surface area (Å²) in [6.45, 7) is 7.61. The minimum absolute atomic E-state index is 0.0804. The van der Waals surface area contributed by atoms with Crippen LogP contribution < -0.4 is 10.2 Å². The third-order valence-corrected chi connectivity index (χ3v) is 6.31. The van der Waals surface area contributed by atoms with Crippen LogP contribution in [-0.4, -0.2) is 35.2 Å². The van der Waals surface area contributed by atoms with Crippen molar-refractivity contribution in [3.8, 4) is 17.2 Å². The van der Waals surface area contributed by atoms with Gasteiger partial charge in [0.1, 0.15) is 22.8 Å². The van der Waals surface area contributed by atoms with E-state index in [0.29, 0.717) is 52.8 Å². The summed E-state index contributed by atoms with van der Waals surface area (Å²) in [5.74, 6) is 0.527. The van der Waals surface area contributed by atoms with Crippen LogP contribution in [0, 0.1) is 6.92 Å². The lowest BCUT2D eigenvalue weighted by molar-refractivity contribution is 0.0505. The van der Waals surface area contributed by atoms with Gasteiger partial charge < -0.3 is 19.0 Å². The minimum atomic E-state index is -0.398. The van der Waals surface area contributed by atoms with E-state index >= 15 is 0 Å². The maximum atomic E-state index is 13.3. The molecule has 1 aromatic heterocycles. The number of ether oxygens (including phenoxy) is 2. The molecule has 2 heterocycles. The summed E-state index contributed by atoms with van der Waals surface area (Å²) in [6.07, 6.45) is 4.18. The van der Waals surface area contributed by atoms with Gasteiger partial charge in [0, 0.05) is 12.6 Å². The molecule has 1 aliphatic rings. The van der Waals surface area contributed by atoms with Gasteiger partial charge in [-0.25, -0.2) is 4.79 Å². The number of aromatic hydroxyl groups is 1. The second-order valence-electron chi connectivity index (χ2n) is 8.83. The molecular formula is C27H31NO6. The molecular weight excluding hydrogens is 434 g/mol. The van der Waals surface area contributed by atoms with E-state index in [1.807, 2.05) is 6.92 Å². The maximum absolute atomic E-state index is 13.3. The quantitative estimate of drug-likeness (QED) is 0.458. The number of likely N-dealkylation sites (tertiary alicyclic amines) is 1. The Morgan fingerprint density at radius 2 is 1.94 bits per heavy atom. The molecule has 0 radical (unpaired) electrons. The van der Waals surface area contributed by atoms with Crippen molar-refractivity contribution in [1.82, 2.24) is 4.90 Å². The number of hydrogen-bond donors (Lipinski definition) is 1. The first-order chi connectivity index (χ1) is 16.4. The highest BCUT2D eigenvalue weighted by molar-refractivity contribution is 5.89. The van der Waals surface area contributed by atoms with E-state index in [4.69, 9.17) is 13.9 Å². The summed E-state index contributed by atoms with van der Waals surface area (Å²) >= 11 is 0. The van der Waals surface area contributed by atoms with Crippen LogP contribution in [0.4, 0.5) is 0 Å². The zero-order valence-electron chi connectivity index (χ0n) is 19.9. The Morgan fingerprint density at radius 3 is 2.65 bits per heavy atom. The zero-order chi connectivity index (χ0) is 24.2. The normalized spacial score (nSPS) is 16.5. The van der Waals surface area contributed by atoms with Crippen LogP contribution in [0.2, 0.25) is 0 Å². The lowest BCUT2D eigenvalue weighted by atomic mass is 10.0. The van der Waals surface area contributed by atoms with Crippen LogP contribution in [0.1, 0.15) is 61.2 Å². The average Bonchev–Trinajstić information content (AvgIpc) is 2.83. The Kier molecular flexibility index (Phi) is 7.22. The van der Waals surface area contributed by atoms with Crippen molar-refractivity contribution < 1.29 is 23.8 Å². The maximum Gasteiger partial charge on any atom is 0.338 e. The first kappa shape index (κ1) is 23.8. The van der Waals surface area contributed by atoms with E-state index < -0.39 is 5.97 Å². The summed E-state index contributed by atoms with van der Waals surface area (Å²) in [5.41, 5.74) is 1.11. The Labute approximate surface area is 198 Å². The number of hydrogen-bond acceptors (Lipinski definition) is 7. The highest BCUT2D eigenvalue weighted by atomic mass is 16.5. The third-order valence-electron chi connectivity index (χ3n) is 6.31. The Morgan fingerprint density at radius 1 is 1.18 bits per heavy atom. The van der Waals surface area contributed by atoms with Gasteiger partial charge in [-0.1, -0.05) is 13.3 Å². The Hall–Kier alpha value is -3.32. The first-order valence-corrected chi connectivity index (χ1v) is 11.9. The molecule has 1 N–H and O–H groups in total. The molecule has 34 heavy (non-hydrogen) atoms. The van der Waals surface area contributed by atoms with Crippen molar-refractivity contribution in [3.63, 3.8) is 0 Å². The predicted molar refractivity (Wildman–Crippen MR) is 130 cm³/mol. The van der Waals surface area contributed by atoms with Gasteiger partial charge >= 0.3 is 5.97 Å². The number of carbonyl (C=O) groups excluding carboxylic acids is 1. The van der Waals surface area contributed by atoms with Crippen LogP contribution >= 0.6 is 0 Å². The smallest absolute Gasteiger partial charge is 0.338 e. The largest absolute Gasteiger partial charge is 0.507 e. The fourth-order valence-electron chi connectivity index (χ4n) is 4.32. The second kappa shape index (κ2) is 10.3. The number of nitrogens with zero attached hydrogens (tertiary/aromatic N) is 1. The molecule has 0 bridgehead atoms. The van der Waals surface area contributed by atoms with Gasteiger partial charge in [0.05, 0.1) is 23.1 Å². The van der Waals surface area contributed by atoms with E-state index in [-0.39, 0.29) is 16.9 Å². The molecule has 1 saturated heterocycles. The van der Waals surface area contributed by atoms with Crippen molar-refractivity contribution in [1.29, 1.82) is 0 Å². The van der Waals surface area contributed by atoms with Crippen LogP contribution in [0.25, 0.3) is 11.0 Å². The van der Waals surface area contributed by atoms with E-state index in [9.17, 15) is 14.7 Å². The Balaban J connectivity index is 1.63. The van der Waals surface area contributed by atoms with Crippen molar-refractivity contribution in [2.24, 2.45) is 0 Å². The molecule has 2 aromatic carbocycles. The number of aryl methyl sites for hydroxylation is 1. The molecule has 0 amide bonds. The third kappa shape index (κ3) is 4.94. The molecule has 1 unspecified atom stereocenters. The number of phenolic OH excluding ortho intramolecular Hbond substituents is 1. The molecule has 1 fully saturated rings. The predicted octanol–water partition coefficient (Wildman–Crippen LogP) is 5.54. The fraction of sp³-hybridized carbons (Fsp3) is 0.407. The average molecular weight is 466 g/mol. The molecule has 180 valence electrons. The van der Waals surface area contributed by atoms with Crippen molar-refractivity contribution in [2.75, 3.05) is 13.2 Å². The van der Waals surface area contributed by atoms with Gasteiger partial charge in [0.2, 0.25) is 11.2 Å². The number of esters is 1. The molecule has 0 saturated carbocycles. The molecule has 0 aliphatic carbocycles. The number of piperidine rings is 1. The number of rotatable bonds is 7. The summed E-state index contributed by atoms with van der Waals surface area (Å²) in [7, 11) is 0. The topological polar surface area (TPSA) is 89.2 Å². The van der Waals surface area contributed by atoms with Crippen LogP contribution in [-0.2, 0) is 11.3 Å². The van der Waals surface area contributed by atoms with Crippen molar-refractivity contribution in [2.45, 2.75) is 59.0 Å². The van der Waals surface area contributed by atoms with Gasteiger partial charge in [-0.2, -0.15) is 0 Å². The minimum Gasteiger partial charge on any atom is -0.507 e. The number of benzene rings is 2. The fourth-order valence-corrected chi connectivity index (χ4v) is 4.32. The number of carbonyl (C=O) groups is 1. The van der Waals surface area contributed by atoms with Gasteiger partial charge in [0.15, 0.2) is 0 Å². The molecule has 4 rings (SSSR count). The summed E-state index contributed by atoms with van der Waals surface area (Å²) in [5, 5.41) is 10.9. The van der Waals surface area contributed by atoms with E-state index in [1.165, 1.54) is 6.42 Å². The molecule has 7 heteroatoms. The van der Waals surface area contributed by atoms with Crippen molar-refractivity contribution in [3.05, 3.63) is 63.5 Å². The molecule has 0 spiro atoms. The summed E-state index contributed by atoms with van der Waals surface area (Å²) in [4.78, 5) is 27.6. The van der Waals surface area contributed by atoms with E-state index in [1.54, 1.807) is 43.3 Å². The second-order valence-corrected chi connectivity index (χ2v) is 8.83. The standard InChI is InChI=1S/C27H31NO6/c1-4-15-32-27(31)19-8-10-20(11-9-19)34-25-18(3)33-26-21(24(25)30)12-13-23(29)22(26)16-28-14-6-5-7-17(28)2/h8-13,17,29H,4-7,14-16H2,1-3H3. The molecule has 1 atom stereocenters. The first-order valence-electron chi connectivity index (χ1n) is 11.9. The number of phenols is 1. The lowest BCUT2D eigenvalue weighted by Gasteiger charge is -2.33. The summed E-state index contributed by atoms with van der Waals surface area (Å²) in [6, 6.07) is 9.94. The number of fused-ring (bicyclic) bond motifs is 1. The molecule has 7 nitrogen and oxygen atoms in total. The lowest BCUT2D eigenvalue weighted by Crippen LogP contribution is -2.36. The van der Waals surface area contributed by atoms with Crippen LogP contribution in [0.5, 0.6) is 17.2 Å². The Bertz CT molecular complexity index is 1230. The van der Waals surface area contributed by atoms with Gasteiger partial charge in [-0.15, -0.1) is 0 Å². The van der Waals surface area contributed by atoms with Crippen LogP contribution in [0.3, 0.4) is 0 Å². The van der Waals surface area contributed by atoms with Crippen LogP contribution in [0.15, 0.2) is 45.6 Å². The van der Waals surface area contributed by atoms with E-state index in [0.717, 1.165) is 25.8 Å². The SMILES string of the molecule is CCCOC(=O)c1ccc(Oc2c(C)oc3c(CN4CCCCC4C)c(O)ccc3c2=O)cc1. The van der Waals surface area contributed by atoms with Gasteiger partial charge in [-0.3, -0.25) is 9.69 Å². The molecule has 3 aromatic rings. The van der Waals surface area contributed by atoms with Gasteiger partial charge in [0.25, 0.3) is 0 Å². The summed E-state index contributed by atoms with van der Waals surface area (Å²) < 4.78 is 17.1. The van der Waals surface area contributed by atoms with Gasteiger partial charge in [-0.05, 0) is 76.1 Å². The monoisotopic (exact) mass is 465 g/mol. The van der Waals surface area contributed by atoms with Crippen molar-refractivity contribution >= 4 is 16.9 Å². The zero-order valence-corrected chi connectivity index (χ0v) is 19.9. The van der Waals surface area contributed by atoms with E-state index in [2.05, 4.69) is 11.8 Å².